The van der Waals surface area contributed by atoms with Gasteiger partial charge in [-0.1, -0.05) is 0 Å². The summed E-state index contributed by atoms with van der Waals surface area (Å²) in [6.45, 7) is 5.23. The molecule has 0 fully saturated rings. The molecule has 3 rings (SSSR count). The van der Waals surface area contributed by atoms with Gasteiger partial charge in [0.05, 0.1) is 17.5 Å². The fourth-order valence-electron chi connectivity index (χ4n) is 2.58. The van der Waals surface area contributed by atoms with Gasteiger partial charge in [0, 0.05) is 24.3 Å². The first-order chi connectivity index (χ1) is 12.9. The van der Waals surface area contributed by atoms with Gasteiger partial charge in [0.25, 0.3) is 5.91 Å². The third kappa shape index (κ3) is 4.08. The van der Waals surface area contributed by atoms with Crippen LogP contribution >= 0.6 is 15.9 Å². The summed E-state index contributed by atoms with van der Waals surface area (Å²) in [7, 11) is 0. The number of hydrogen-bond acceptors (Lipinski definition) is 6. The van der Waals surface area contributed by atoms with Crippen molar-refractivity contribution >= 4 is 27.7 Å². The van der Waals surface area contributed by atoms with Crippen LogP contribution in [0.25, 0.3) is 0 Å². The van der Waals surface area contributed by atoms with Crippen LogP contribution in [0.2, 0.25) is 0 Å². The number of carbonyl (C=O) groups is 1. The highest BCUT2D eigenvalue weighted by molar-refractivity contribution is 9.10. The van der Waals surface area contributed by atoms with Crippen LogP contribution in [0.1, 0.15) is 34.5 Å². The average Bonchev–Trinajstić information content (AvgIpc) is 3.32. The fraction of sp³-hybridized carbons (Fsp3) is 0.312. The summed E-state index contributed by atoms with van der Waals surface area (Å²) in [6.07, 6.45) is 3.21. The van der Waals surface area contributed by atoms with E-state index in [-0.39, 0.29) is 28.5 Å². The lowest BCUT2D eigenvalue weighted by atomic mass is 10.2. The van der Waals surface area contributed by atoms with Crippen LogP contribution in [0.4, 0.5) is 5.82 Å². The quantitative estimate of drug-likeness (QED) is 0.448. The molecule has 0 bridgehead atoms. The Labute approximate surface area is 162 Å². The standard InChI is InChI=1S/C16H17BrN6O4/c1-3-22-10(2)11(7-19-22)6-18-16(24)14-5-4-12(27-14)8-21-9-13(17)15(20-21)23(25)26/h4-5,7,9H,3,6,8H2,1-2H3,(H,18,24). The zero-order chi connectivity index (χ0) is 19.6. The second-order valence-electron chi connectivity index (χ2n) is 5.77. The van der Waals surface area contributed by atoms with Crippen molar-refractivity contribution in [2.45, 2.75) is 33.5 Å². The minimum absolute atomic E-state index is 0.159. The van der Waals surface area contributed by atoms with Gasteiger partial charge in [0.15, 0.2) is 5.76 Å². The number of hydrogen-bond donors (Lipinski definition) is 1. The summed E-state index contributed by atoms with van der Waals surface area (Å²) in [4.78, 5) is 22.5. The van der Waals surface area contributed by atoms with Crippen molar-refractivity contribution in [2.75, 3.05) is 0 Å². The molecule has 1 N–H and O–H groups in total. The van der Waals surface area contributed by atoms with Crippen LogP contribution in [0.5, 0.6) is 0 Å². The zero-order valence-electron chi connectivity index (χ0n) is 14.7. The van der Waals surface area contributed by atoms with Crippen molar-refractivity contribution in [2.24, 2.45) is 0 Å². The van der Waals surface area contributed by atoms with E-state index in [1.165, 1.54) is 10.9 Å². The van der Waals surface area contributed by atoms with E-state index < -0.39 is 4.92 Å². The normalized spacial score (nSPS) is 10.9. The second-order valence-corrected chi connectivity index (χ2v) is 6.63. The molecular weight excluding hydrogens is 420 g/mol. The molecule has 3 aromatic heterocycles. The molecule has 0 aliphatic rings. The van der Waals surface area contributed by atoms with Gasteiger partial charge in [-0.05, 0) is 46.8 Å². The van der Waals surface area contributed by atoms with E-state index in [1.807, 2.05) is 18.5 Å². The van der Waals surface area contributed by atoms with Crippen molar-refractivity contribution in [1.82, 2.24) is 24.9 Å². The number of nitrogens with one attached hydrogen (secondary N) is 1. The van der Waals surface area contributed by atoms with Crippen molar-refractivity contribution in [1.29, 1.82) is 0 Å². The van der Waals surface area contributed by atoms with E-state index in [0.717, 1.165) is 17.8 Å². The minimum Gasteiger partial charge on any atom is -0.454 e. The summed E-state index contributed by atoms with van der Waals surface area (Å²) >= 11 is 3.09. The Morgan fingerprint density at radius 1 is 1.44 bits per heavy atom. The Morgan fingerprint density at radius 3 is 2.85 bits per heavy atom. The molecule has 27 heavy (non-hydrogen) atoms. The second kappa shape index (κ2) is 7.74. The summed E-state index contributed by atoms with van der Waals surface area (Å²) in [6, 6.07) is 3.19. The van der Waals surface area contributed by atoms with Gasteiger partial charge in [-0.25, -0.2) is 0 Å². The topological polar surface area (TPSA) is 121 Å². The van der Waals surface area contributed by atoms with Crippen molar-refractivity contribution in [3.8, 4) is 0 Å². The molecule has 3 heterocycles. The van der Waals surface area contributed by atoms with E-state index in [0.29, 0.717) is 12.3 Å². The van der Waals surface area contributed by atoms with Crippen molar-refractivity contribution < 1.29 is 14.1 Å². The van der Waals surface area contributed by atoms with E-state index in [9.17, 15) is 14.9 Å². The number of nitro groups is 1. The smallest absolute Gasteiger partial charge is 0.404 e. The van der Waals surface area contributed by atoms with Crippen LogP contribution in [0.3, 0.4) is 0 Å². The van der Waals surface area contributed by atoms with Gasteiger partial charge in [0.1, 0.15) is 16.8 Å². The van der Waals surface area contributed by atoms with Crippen LogP contribution in [-0.2, 0) is 19.6 Å². The van der Waals surface area contributed by atoms with Gasteiger partial charge in [-0.2, -0.15) is 9.78 Å². The Kier molecular flexibility index (Phi) is 5.40. The van der Waals surface area contributed by atoms with E-state index in [4.69, 9.17) is 4.42 Å². The van der Waals surface area contributed by atoms with Crippen LogP contribution < -0.4 is 5.32 Å². The van der Waals surface area contributed by atoms with E-state index >= 15 is 0 Å². The molecule has 0 aliphatic heterocycles. The van der Waals surface area contributed by atoms with E-state index in [2.05, 4.69) is 31.4 Å². The van der Waals surface area contributed by atoms with E-state index in [1.54, 1.807) is 18.3 Å². The highest BCUT2D eigenvalue weighted by Crippen LogP contribution is 2.22. The Morgan fingerprint density at radius 2 is 2.22 bits per heavy atom. The number of aromatic nitrogens is 4. The molecule has 0 spiro atoms. The summed E-state index contributed by atoms with van der Waals surface area (Å²) in [5.41, 5.74) is 1.94. The average molecular weight is 437 g/mol. The van der Waals surface area contributed by atoms with Crippen LogP contribution in [0, 0.1) is 17.0 Å². The SMILES string of the molecule is CCn1ncc(CNC(=O)c2ccc(Cn3cc(Br)c([N+](=O)[O-])n3)o2)c1C. The largest absolute Gasteiger partial charge is 0.454 e. The van der Waals surface area contributed by atoms with Crippen LogP contribution in [0.15, 0.2) is 33.4 Å². The van der Waals surface area contributed by atoms with Crippen molar-refractivity contribution in [3.63, 3.8) is 0 Å². The lowest BCUT2D eigenvalue weighted by molar-refractivity contribution is -0.390. The van der Waals surface area contributed by atoms with Gasteiger partial charge < -0.3 is 19.8 Å². The molecule has 0 saturated carbocycles. The highest BCUT2D eigenvalue weighted by atomic mass is 79.9. The maximum Gasteiger partial charge on any atom is 0.404 e. The lowest BCUT2D eigenvalue weighted by Gasteiger charge is -2.04. The Balaban J connectivity index is 1.62. The summed E-state index contributed by atoms with van der Waals surface area (Å²) < 4.78 is 9.02. The van der Waals surface area contributed by atoms with Gasteiger partial charge in [-0.15, -0.1) is 0 Å². The molecule has 0 aliphatic carbocycles. The molecule has 0 aromatic carbocycles. The number of aryl methyl sites for hydroxylation is 1. The first-order valence-corrected chi connectivity index (χ1v) is 8.93. The first kappa shape index (κ1) is 18.8. The zero-order valence-corrected chi connectivity index (χ0v) is 16.3. The third-order valence-corrected chi connectivity index (χ3v) is 4.58. The molecule has 0 saturated heterocycles. The summed E-state index contributed by atoms with van der Waals surface area (Å²) in [5, 5.41) is 21.7. The predicted molar refractivity (Wildman–Crippen MR) is 98.2 cm³/mol. The summed E-state index contributed by atoms with van der Waals surface area (Å²) in [5.74, 6) is -0.00803. The van der Waals surface area contributed by atoms with Gasteiger partial charge >= 0.3 is 5.82 Å². The number of carbonyl (C=O) groups excluding carboxylic acids is 1. The molecule has 1 amide bonds. The number of furan rings is 1. The number of halogens is 1. The molecule has 142 valence electrons. The minimum atomic E-state index is -0.579. The van der Waals surface area contributed by atoms with Crippen LogP contribution in [-0.4, -0.2) is 30.4 Å². The lowest BCUT2D eigenvalue weighted by Crippen LogP contribution is -2.22. The molecule has 0 atom stereocenters. The molecule has 11 heteroatoms. The number of rotatable bonds is 7. The highest BCUT2D eigenvalue weighted by Gasteiger charge is 2.20. The maximum absolute atomic E-state index is 12.3. The predicted octanol–water partition coefficient (Wildman–Crippen LogP) is 2.65. The van der Waals surface area contributed by atoms with Crippen molar-refractivity contribution in [3.05, 3.63) is 61.9 Å². The number of nitrogens with zero attached hydrogens (tertiary/aromatic N) is 5. The Hall–Kier alpha value is -2.95. The maximum atomic E-state index is 12.3. The van der Waals surface area contributed by atoms with Gasteiger partial charge in [0.2, 0.25) is 0 Å². The van der Waals surface area contributed by atoms with Gasteiger partial charge in [-0.3, -0.25) is 9.48 Å². The molecule has 3 aromatic rings. The number of amides is 1. The molecule has 0 radical (unpaired) electrons. The first-order valence-electron chi connectivity index (χ1n) is 8.14. The molecule has 0 unspecified atom stereocenters. The monoisotopic (exact) mass is 436 g/mol. The third-order valence-electron chi connectivity index (χ3n) is 4.02. The molecular formula is C16H17BrN6O4. The molecule has 10 nitrogen and oxygen atoms in total. The fourth-order valence-corrected chi connectivity index (χ4v) is 3.04. The Bertz CT molecular complexity index is 989.